The molecular weight excluding hydrogens is 234 g/mol. The van der Waals surface area contributed by atoms with Gasteiger partial charge in [-0.25, -0.2) is 0 Å². The minimum atomic E-state index is 0.399. The number of carbonyl (C=O) groups excluding carboxylic acids is 1. The van der Waals surface area contributed by atoms with E-state index in [-0.39, 0.29) is 0 Å². The van der Waals surface area contributed by atoms with E-state index in [1.54, 1.807) is 4.68 Å². The van der Waals surface area contributed by atoms with Crippen LogP contribution in [0.5, 0.6) is 0 Å². The van der Waals surface area contributed by atoms with E-state index >= 15 is 0 Å². The third kappa shape index (κ3) is 3.03. The van der Waals surface area contributed by atoms with Crippen LogP contribution in [0.25, 0.3) is 0 Å². The first-order valence-electron chi connectivity index (χ1n) is 5.73. The Morgan fingerprint density at radius 3 is 2.76 bits per heavy atom. The van der Waals surface area contributed by atoms with Crippen LogP contribution in [-0.4, -0.2) is 41.2 Å². The maximum atomic E-state index is 11.1. The average molecular weight is 255 g/mol. The van der Waals surface area contributed by atoms with Gasteiger partial charge in [0, 0.05) is 20.1 Å². The van der Waals surface area contributed by atoms with Gasteiger partial charge in [0.15, 0.2) is 6.29 Å². The third-order valence-corrected chi connectivity index (χ3v) is 3.73. The first-order chi connectivity index (χ1) is 8.02. The zero-order valence-electron chi connectivity index (χ0n) is 11.2. The lowest BCUT2D eigenvalue weighted by atomic mass is 10.2. The van der Waals surface area contributed by atoms with Crippen molar-refractivity contribution in [2.75, 3.05) is 24.0 Å². The SMILES string of the molecule is CSCCC(C)N(C)c1c(C=O)c(C)nn1C. The first kappa shape index (κ1) is 14.1. The number of rotatable bonds is 6. The van der Waals surface area contributed by atoms with Crippen molar-refractivity contribution in [1.29, 1.82) is 0 Å². The molecule has 0 bridgehead atoms. The van der Waals surface area contributed by atoms with Crippen LogP contribution in [0, 0.1) is 6.92 Å². The van der Waals surface area contributed by atoms with Gasteiger partial charge in [-0.05, 0) is 32.3 Å². The Kier molecular flexibility index (Phi) is 5.05. The standard InChI is InChI=1S/C12H21N3OS/c1-9(6-7-17-5)14(3)12-11(8-16)10(2)13-15(12)4/h8-9H,6-7H2,1-5H3. The molecule has 17 heavy (non-hydrogen) atoms. The quantitative estimate of drug-likeness (QED) is 0.730. The lowest BCUT2D eigenvalue weighted by molar-refractivity contribution is 0.112. The van der Waals surface area contributed by atoms with E-state index < -0.39 is 0 Å². The van der Waals surface area contributed by atoms with Crippen molar-refractivity contribution in [3.05, 3.63) is 11.3 Å². The monoisotopic (exact) mass is 255 g/mol. The molecule has 0 aliphatic heterocycles. The Balaban J connectivity index is 2.94. The molecule has 1 rings (SSSR count). The van der Waals surface area contributed by atoms with Gasteiger partial charge in [0.25, 0.3) is 0 Å². The van der Waals surface area contributed by atoms with Gasteiger partial charge in [-0.15, -0.1) is 0 Å². The molecule has 0 amide bonds. The number of hydrogen-bond donors (Lipinski definition) is 0. The third-order valence-electron chi connectivity index (χ3n) is 3.09. The Morgan fingerprint density at radius 2 is 2.24 bits per heavy atom. The van der Waals surface area contributed by atoms with Crippen molar-refractivity contribution >= 4 is 23.9 Å². The summed E-state index contributed by atoms with van der Waals surface area (Å²) in [7, 11) is 3.90. The van der Waals surface area contributed by atoms with Crippen LogP contribution >= 0.6 is 11.8 Å². The van der Waals surface area contributed by atoms with Gasteiger partial charge in [-0.1, -0.05) is 0 Å². The van der Waals surface area contributed by atoms with Gasteiger partial charge in [-0.3, -0.25) is 9.48 Å². The normalized spacial score (nSPS) is 12.5. The van der Waals surface area contributed by atoms with E-state index in [0.29, 0.717) is 11.6 Å². The highest BCUT2D eigenvalue weighted by atomic mass is 32.2. The fourth-order valence-electron chi connectivity index (χ4n) is 1.91. The van der Waals surface area contributed by atoms with Crippen LogP contribution in [0.1, 0.15) is 29.4 Å². The maximum absolute atomic E-state index is 11.1. The summed E-state index contributed by atoms with van der Waals surface area (Å²) in [6.45, 7) is 4.04. The Bertz CT molecular complexity index is 389. The molecule has 0 fully saturated rings. The summed E-state index contributed by atoms with van der Waals surface area (Å²) in [5.74, 6) is 2.03. The maximum Gasteiger partial charge on any atom is 0.155 e. The van der Waals surface area contributed by atoms with Crippen molar-refractivity contribution < 1.29 is 4.79 Å². The smallest absolute Gasteiger partial charge is 0.155 e. The predicted molar refractivity (Wildman–Crippen MR) is 74.2 cm³/mol. The molecule has 1 heterocycles. The zero-order valence-corrected chi connectivity index (χ0v) is 12.0. The molecule has 96 valence electrons. The van der Waals surface area contributed by atoms with Gasteiger partial charge in [0.05, 0.1) is 11.3 Å². The largest absolute Gasteiger partial charge is 0.357 e. The summed E-state index contributed by atoms with van der Waals surface area (Å²) >= 11 is 1.84. The molecule has 0 N–H and O–H groups in total. The number of carbonyl (C=O) groups is 1. The lowest BCUT2D eigenvalue weighted by Gasteiger charge is -2.27. The zero-order chi connectivity index (χ0) is 13.0. The summed E-state index contributed by atoms with van der Waals surface area (Å²) in [5.41, 5.74) is 1.49. The number of aromatic nitrogens is 2. The van der Waals surface area contributed by atoms with Crippen molar-refractivity contribution in [2.24, 2.45) is 7.05 Å². The average Bonchev–Trinajstić information content (AvgIpc) is 2.59. The van der Waals surface area contributed by atoms with Gasteiger partial charge in [0.1, 0.15) is 5.82 Å². The second-order valence-corrected chi connectivity index (χ2v) is 5.29. The van der Waals surface area contributed by atoms with Gasteiger partial charge in [0.2, 0.25) is 0 Å². The number of thioether (sulfide) groups is 1. The van der Waals surface area contributed by atoms with E-state index in [4.69, 9.17) is 0 Å². The molecule has 0 aromatic carbocycles. The highest BCUT2D eigenvalue weighted by Gasteiger charge is 2.19. The highest BCUT2D eigenvalue weighted by molar-refractivity contribution is 7.98. The summed E-state index contributed by atoms with van der Waals surface area (Å²) in [4.78, 5) is 13.3. The molecule has 4 nitrogen and oxygen atoms in total. The van der Waals surface area contributed by atoms with Crippen molar-refractivity contribution in [3.8, 4) is 0 Å². The molecule has 5 heteroatoms. The second-order valence-electron chi connectivity index (χ2n) is 4.31. The van der Waals surface area contributed by atoms with E-state index in [1.165, 1.54) is 0 Å². The van der Waals surface area contributed by atoms with Crippen LogP contribution in [0.4, 0.5) is 5.82 Å². The summed E-state index contributed by atoms with van der Waals surface area (Å²) in [5, 5.41) is 4.30. The molecule has 0 aliphatic carbocycles. The van der Waals surface area contributed by atoms with E-state index in [0.717, 1.165) is 30.0 Å². The van der Waals surface area contributed by atoms with Crippen molar-refractivity contribution in [2.45, 2.75) is 26.3 Å². The minimum absolute atomic E-state index is 0.399. The number of hydrogen-bond acceptors (Lipinski definition) is 4. The highest BCUT2D eigenvalue weighted by Crippen LogP contribution is 2.23. The molecule has 1 unspecified atom stereocenters. The van der Waals surface area contributed by atoms with Crippen LogP contribution in [0.2, 0.25) is 0 Å². The Morgan fingerprint density at radius 1 is 1.59 bits per heavy atom. The fraction of sp³-hybridized carbons (Fsp3) is 0.667. The van der Waals surface area contributed by atoms with Crippen LogP contribution in [0.15, 0.2) is 0 Å². The van der Waals surface area contributed by atoms with Gasteiger partial charge < -0.3 is 4.90 Å². The van der Waals surface area contributed by atoms with Gasteiger partial charge >= 0.3 is 0 Å². The summed E-state index contributed by atoms with van der Waals surface area (Å²) in [6, 6.07) is 0.399. The number of anilines is 1. The van der Waals surface area contributed by atoms with Crippen LogP contribution < -0.4 is 4.90 Å². The summed E-state index contributed by atoms with van der Waals surface area (Å²) < 4.78 is 1.79. The number of aryl methyl sites for hydroxylation is 2. The molecule has 1 aromatic rings. The number of nitrogens with zero attached hydrogens (tertiary/aromatic N) is 3. The molecule has 1 atom stereocenters. The molecule has 0 spiro atoms. The Labute approximate surface area is 107 Å². The van der Waals surface area contributed by atoms with E-state index in [1.807, 2.05) is 32.8 Å². The van der Waals surface area contributed by atoms with Crippen molar-refractivity contribution in [1.82, 2.24) is 9.78 Å². The molecule has 0 saturated carbocycles. The second kappa shape index (κ2) is 6.10. The van der Waals surface area contributed by atoms with E-state index in [2.05, 4.69) is 23.2 Å². The summed E-state index contributed by atoms with van der Waals surface area (Å²) in [6.07, 6.45) is 4.10. The fourth-order valence-corrected chi connectivity index (χ4v) is 2.49. The van der Waals surface area contributed by atoms with Crippen LogP contribution in [-0.2, 0) is 7.05 Å². The lowest BCUT2D eigenvalue weighted by Crippen LogP contribution is -2.31. The van der Waals surface area contributed by atoms with Gasteiger partial charge in [-0.2, -0.15) is 16.9 Å². The topological polar surface area (TPSA) is 38.1 Å². The molecular formula is C12H21N3OS. The van der Waals surface area contributed by atoms with E-state index in [9.17, 15) is 4.79 Å². The first-order valence-corrected chi connectivity index (χ1v) is 7.12. The molecule has 0 saturated heterocycles. The van der Waals surface area contributed by atoms with Crippen molar-refractivity contribution in [3.63, 3.8) is 0 Å². The minimum Gasteiger partial charge on any atom is -0.357 e. The number of aldehydes is 1. The molecule has 1 aromatic heterocycles. The van der Waals surface area contributed by atoms with Crippen LogP contribution in [0.3, 0.4) is 0 Å². The Hall–Kier alpha value is -0.970. The predicted octanol–water partition coefficient (Wildman–Crippen LogP) is 2.12. The molecule has 0 radical (unpaired) electrons. The molecule has 0 aliphatic rings.